The van der Waals surface area contributed by atoms with E-state index in [2.05, 4.69) is 15.1 Å². The van der Waals surface area contributed by atoms with Gasteiger partial charge >= 0.3 is 0 Å². The average molecular weight is 260 g/mol. The second kappa shape index (κ2) is 4.83. The van der Waals surface area contributed by atoms with Crippen molar-refractivity contribution in [2.24, 2.45) is 5.73 Å². The molecule has 0 bridgehead atoms. The number of aromatic nitrogens is 3. The molecule has 0 saturated heterocycles. The summed E-state index contributed by atoms with van der Waals surface area (Å²) in [5.74, 6) is 1.21. The van der Waals surface area contributed by atoms with E-state index in [0.29, 0.717) is 18.3 Å². The maximum Gasteiger partial charge on any atom is 0.227 e. The van der Waals surface area contributed by atoms with Crippen LogP contribution in [0.2, 0.25) is 0 Å². The molecule has 18 heavy (non-hydrogen) atoms. The minimum Gasteiger partial charge on any atom is -0.339 e. The summed E-state index contributed by atoms with van der Waals surface area (Å²) in [6.45, 7) is 0.625. The molecule has 3 aromatic heterocycles. The van der Waals surface area contributed by atoms with Gasteiger partial charge < -0.3 is 10.3 Å². The third-order valence-electron chi connectivity index (χ3n) is 2.62. The molecule has 3 heterocycles. The van der Waals surface area contributed by atoms with Gasteiger partial charge in [-0.2, -0.15) is 4.98 Å². The van der Waals surface area contributed by atoms with Crippen LogP contribution in [0.25, 0.3) is 21.6 Å². The van der Waals surface area contributed by atoms with Crippen molar-refractivity contribution in [3.63, 3.8) is 0 Å². The Balaban J connectivity index is 1.90. The second-order valence-electron chi connectivity index (χ2n) is 3.93. The molecule has 0 unspecified atom stereocenters. The highest BCUT2D eigenvalue weighted by Gasteiger charge is 2.09. The smallest absolute Gasteiger partial charge is 0.227 e. The molecule has 0 radical (unpaired) electrons. The van der Waals surface area contributed by atoms with Crippen LogP contribution >= 0.6 is 11.3 Å². The van der Waals surface area contributed by atoms with E-state index in [9.17, 15) is 0 Å². The van der Waals surface area contributed by atoms with E-state index in [4.69, 9.17) is 10.3 Å². The summed E-state index contributed by atoms with van der Waals surface area (Å²) in [5, 5.41) is 5.99. The number of hydrogen-bond donors (Lipinski definition) is 1. The first-order chi connectivity index (χ1) is 8.86. The highest BCUT2D eigenvalue weighted by molar-refractivity contribution is 7.17. The predicted octanol–water partition coefficient (Wildman–Crippen LogP) is 2.24. The monoisotopic (exact) mass is 260 g/mol. The first-order valence-electron chi connectivity index (χ1n) is 5.73. The number of nitrogens with zero attached hydrogens (tertiary/aromatic N) is 3. The minimum atomic E-state index is 0.588. The molecule has 0 aliphatic rings. The molecule has 0 aliphatic carbocycles. The summed E-state index contributed by atoms with van der Waals surface area (Å²) in [6, 6.07) is 4.03. The van der Waals surface area contributed by atoms with E-state index < -0.39 is 0 Å². The van der Waals surface area contributed by atoms with E-state index in [1.807, 2.05) is 17.5 Å². The van der Waals surface area contributed by atoms with Gasteiger partial charge in [-0.1, -0.05) is 5.16 Å². The zero-order chi connectivity index (χ0) is 12.4. The number of nitrogens with two attached hydrogens (primary N) is 1. The van der Waals surface area contributed by atoms with Crippen molar-refractivity contribution in [1.82, 2.24) is 15.1 Å². The first kappa shape index (κ1) is 11.3. The van der Waals surface area contributed by atoms with E-state index >= 15 is 0 Å². The van der Waals surface area contributed by atoms with Crippen molar-refractivity contribution < 1.29 is 4.52 Å². The lowest BCUT2D eigenvalue weighted by molar-refractivity contribution is 0.376. The van der Waals surface area contributed by atoms with Crippen molar-refractivity contribution in [3.8, 4) is 11.4 Å². The topological polar surface area (TPSA) is 77.8 Å². The van der Waals surface area contributed by atoms with Gasteiger partial charge in [0.05, 0.1) is 10.2 Å². The van der Waals surface area contributed by atoms with Gasteiger partial charge in [0.2, 0.25) is 11.7 Å². The van der Waals surface area contributed by atoms with Crippen LogP contribution in [-0.2, 0) is 6.42 Å². The average Bonchev–Trinajstić information content (AvgIpc) is 3.04. The highest BCUT2D eigenvalue weighted by Crippen LogP contribution is 2.24. The number of thiophene rings is 1. The Labute approximate surface area is 108 Å². The zero-order valence-electron chi connectivity index (χ0n) is 9.67. The molecule has 0 atom stereocenters. The molecule has 0 amide bonds. The SMILES string of the molecule is NCCCc1nc(-c2cnc3ccsc3c2)no1. The van der Waals surface area contributed by atoms with Crippen molar-refractivity contribution in [2.75, 3.05) is 6.54 Å². The van der Waals surface area contributed by atoms with Gasteiger partial charge in [0.15, 0.2) is 0 Å². The van der Waals surface area contributed by atoms with Gasteiger partial charge in [-0.25, -0.2) is 0 Å². The van der Waals surface area contributed by atoms with Crippen molar-refractivity contribution in [2.45, 2.75) is 12.8 Å². The fourth-order valence-electron chi connectivity index (χ4n) is 1.70. The van der Waals surface area contributed by atoms with E-state index in [0.717, 1.165) is 28.6 Å². The molecule has 0 aliphatic heterocycles. The van der Waals surface area contributed by atoms with Gasteiger partial charge in [0.25, 0.3) is 0 Å². The molecule has 6 heteroatoms. The van der Waals surface area contributed by atoms with E-state index in [-0.39, 0.29) is 0 Å². The van der Waals surface area contributed by atoms with E-state index in [1.165, 1.54) is 0 Å². The van der Waals surface area contributed by atoms with Gasteiger partial charge in [0, 0.05) is 18.2 Å². The Morgan fingerprint density at radius 3 is 3.22 bits per heavy atom. The van der Waals surface area contributed by atoms with Crippen LogP contribution in [0.4, 0.5) is 0 Å². The maximum absolute atomic E-state index is 5.45. The summed E-state index contributed by atoms with van der Waals surface area (Å²) >= 11 is 1.65. The number of rotatable bonds is 4. The number of fused-ring (bicyclic) bond motifs is 1. The molecular formula is C12H12N4OS. The standard InChI is InChI=1S/C12H12N4OS/c13-4-1-2-11-15-12(16-17-11)8-6-10-9(14-7-8)3-5-18-10/h3,5-7H,1-2,4,13H2. The summed E-state index contributed by atoms with van der Waals surface area (Å²) < 4.78 is 6.30. The molecule has 3 aromatic rings. The minimum absolute atomic E-state index is 0.588. The van der Waals surface area contributed by atoms with Gasteiger partial charge in [-0.3, -0.25) is 4.98 Å². The van der Waals surface area contributed by atoms with Gasteiger partial charge in [0.1, 0.15) is 0 Å². The third kappa shape index (κ3) is 2.12. The summed E-state index contributed by atoms with van der Waals surface area (Å²) in [7, 11) is 0. The van der Waals surface area contributed by atoms with Crippen LogP contribution < -0.4 is 5.73 Å². The Bertz CT molecular complexity index is 661. The number of pyridine rings is 1. The quantitative estimate of drug-likeness (QED) is 0.778. The molecule has 5 nitrogen and oxygen atoms in total. The summed E-state index contributed by atoms with van der Waals surface area (Å²) in [6.07, 6.45) is 3.34. The lowest BCUT2D eigenvalue weighted by atomic mass is 10.2. The fraction of sp³-hybridized carbons (Fsp3) is 0.250. The maximum atomic E-state index is 5.45. The third-order valence-corrected chi connectivity index (χ3v) is 3.48. The normalized spacial score (nSPS) is 11.2. The summed E-state index contributed by atoms with van der Waals surface area (Å²) in [5.41, 5.74) is 7.32. The molecule has 3 rings (SSSR count). The molecule has 0 aromatic carbocycles. The lowest BCUT2D eigenvalue weighted by Crippen LogP contribution is -2.00. The van der Waals surface area contributed by atoms with Crippen LogP contribution in [0.15, 0.2) is 28.2 Å². The Morgan fingerprint density at radius 2 is 2.33 bits per heavy atom. The Hall–Kier alpha value is -1.79. The van der Waals surface area contributed by atoms with Gasteiger partial charge in [-0.15, -0.1) is 11.3 Å². The van der Waals surface area contributed by atoms with Crippen molar-refractivity contribution in [1.29, 1.82) is 0 Å². The predicted molar refractivity (Wildman–Crippen MR) is 70.3 cm³/mol. The number of hydrogen-bond acceptors (Lipinski definition) is 6. The van der Waals surface area contributed by atoms with Crippen molar-refractivity contribution >= 4 is 21.6 Å². The molecule has 2 N–H and O–H groups in total. The van der Waals surface area contributed by atoms with Gasteiger partial charge in [-0.05, 0) is 30.5 Å². The lowest BCUT2D eigenvalue weighted by Gasteiger charge is -1.93. The number of aryl methyl sites for hydroxylation is 1. The van der Waals surface area contributed by atoms with Crippen LogP contribution in [0, 0.1) is 0 Å². The van der Waals surface area contributed by atoms with Crippen LogP contribution in [0.3, 0.4) is 0 Å². The van der Waals surface area contributed by atoms with Crippen LogP contribution in [0.1, 0.15) is 12.3 Å². The fourth-order valence-corrected chi connectivity index (χ4v) is 2.48. The second-order valence-corrected chi connectivity index (χ2v) is 4.88. The molecule has 0 fully saturated rings. The van der Waals surface area contributed by atoms with Crippen molar-refractivity contribution in [3.05, 3.63) is 29.6 Å². The highest BCUT2D eigenvalue weighted by atomic mass is 32.1. The largest absolute Gasteiger partial charge is 0.339 e. The molecular weight excluding hydrogens is 248 g/mol. The molecule has 92 valence electrons. The Morgan fingerprint density at radius 1 is 1.39 bits per heavy atom. The van der Waals surface area contributed by atoms with Crippen LogP contribution in [0.5, 0.6) is 0 Å². The molecule has 0 spiro atoms. The zero-order valence-corrected chi connectivity index (χ0v) is 10.5. The van der Waals surface area contributed by atoms with Crippen LogP contribution in [-0.4, -0.2) is 21.7 Å². The molecule has 0 saturated carbocycles. The summed E-state index contributed by atoms with van der Waals surface area (Å²) in [4.78, 5) is 8.70. The first-order valence-corrected chi connectivity index (χ1v) is 6.61. The Kier molecular flexibility index (Phi) is 3.04. The van der Waals surface area contributed by atoms with E-state index in [1.54, 1.807) is 17.5 Å².